The van der Waals surface area contributed by atoms with Crippen molar-refractivity contribution in [2.75, 3.05) is 5.32 Å². The molecular formula is C18H15FN2O. The Morgan fingerprint density at radius 2 is 1.95 bits per heavy atom. The van der Waals surface area contributed by atoms with E-state index in [-0.39, 0.29) is 11.1 Å². The fourth-order valence-corrected chi connectivity index (χ4v) is 2.04. The van der Waals surface area contributed by atoms with Crippen LogP contribution in [0.1, 0.15) is 16.7 Å². The predicted molar refractivity (Wildman–Crippen MR) is 84.5 cm³/mol. The smallest absolute Gasteiger partial charge is 0.266 e. The van der Waals surface area contributed by atoms with Crippen molar-refractivity contribution in [2.24, 2.45) is 0 Å². The number of carbonyl (C=O) groups excluding carboxylic acids is 1. The van der Waals surface area contributed by atoms with Gasteiger partial charge in [-0.1, -0.05) is 35.9 Å². The summed E-state index contributed by atoms with van der Waals surface area (Å²) in [6.07, 6.45) is 1.24. The molecule has 0 aliphatic carbocycles. The van der Waals surface area contributed by atoms with E-state index in [9.17, 15) is 9.18 Å². The maximum absolute atomic E-state index is 13.6. The van der Waals surface area contributed by atoms with Crippen LogP contribution < -0.4 is 5.32 Å². The first-order valence-electron chi connectivity index (χ1n) is 6.76. The molecule has 2 aromatic carbocycles. The highest BCUT2D eigenvalue weighted by Gasteiger charge is 2.11. The lowest BCUT2D eigenvalue weighted by atomic mass is 10.1. The van der Waals surface area contributed by atoms with E-state index >= 15 is 0 Å². The van der Waals surface area contributed by atoms with Crippen molar-refractivity contribution in [3.05, 3.63) is 70.5 Å². The molecule has 0 bridgehead atoms. The second-order valence-electron chi connectivity index (χ2n) is 4.96. The number of benzene rings is 2. The second kappa shape index (κ2) is 6.68. The van der Waals surface area contributed by atoms with Crippen LogP contribution in [-0.4, -0.2) is 5.91 Å². The summed E-state index contributed by atoms with van der Waals surface area (Å²) in [6, 6.07) is 13.4. The Kier molecular flexibility index (Phi) is 4.70. The van der Waals surface area contributed by atoms with Gasteiger partial charge < -0.3 is 5.32 Å². The zero-order valence-electron chi connectivity index (χ0n) is 12.4. The molecule has 0 radical (unpaired) electrons. The third-order valence-electron chi connectivity index (χ3n) is 3.20. The molecule has 22 heavy (non-hydrogen) atoms. The lowest BCUT2D eigenvalue weighted by molar-refractivity contribution is -0.112. The van der Waals surface area contributed by atoms with E-state index in [1.165, 1.54) is 18.2 Å². The quantitative estimate of drug-likeness (QED) is 0.687. The summed E-state index contributed by atoms with van der Waals surface area (Å²) in [5.74, 6) is -1.03. The maximum atomic E-state index is 13.6. The molecule has 3 nitrogen and oxygen atoms in total. The number of rotatable bonds is 3. The minimum atomic E-state index is -0.558. The van der Waals surface area contributed by atoms with Crippen LogP contribution in [0.25, 0.3) is 6.08 Å². The molecule has 0 spiro atoms. The molecular weight excluding hydrogens is 279 g/mol. The van der Waals surface area contributed by atoms with Crippen LogP contribution in [-0.2, 0) is 4.79 Å². The SMILES string of the molecule is Cc1ccc(NC(=O)C(C#N)=Cc2ccccc2F)c(C)c1. The highest BCUT2D eigenvalue weighted by molar-refractivity contribution is 6.09. The fourth-order valence-electron chi connectivity index (χ4n) is 2.04. The van der Waals surface area contributed by atoms with E-state index in [1.807, 2.05) is 32.0 Å². The highest BCUT2D eigenvalue weighted by Crippen LogP contribution is 2.18. The molecule has 110 valence electrons. The lowest BCUT2D eigenvalue weighted by Crippen LogP contribution is -2.14. The minimum absolute atomic E-state index is 0.148. The van der Waals surface area contributed by atoms with Gasteiger partial charge in [0.2, 0.25) is 0 Å². The van der Waals surface area contributed by atoms with Crippen molar-refractivity contribution >= 4 is 17.7 Å². The second-order valence-corrected chi connectivity index (χ2v) is 4.96. The summed E-state index contributed by atoms with van der Waals surface area (Å²) in [7, 11) is 0. The van der Waals surface area contributed by atoms with Gasteiger partial charge >= 0.3 is 0 Å². The van der Waals surface area contributed by atoms with E-state index in [0.29, 0.717) is 5.69 Å². The number of carbonyl (C=O) groups is 1. The number of amides is 1. The molecule has 4 heteroatoms. The molecule has 0 heterocycles. The first kappa shape index (κ1) is 15.5. The molecule has 2 aromatic rings. The standard InChI is InChI=1S/C18H15FN2O/c1-12-7-8-17(13(2)9-12)21-18(22)15(11-20)10-14-5-3-4-6-16(14)19/h3-10H,1-2H3,(H,21,22). The topological polar surface area (TPSA) is 52.9 Å². The summed E-state index contributed by atoms with van der Waals surface area (Å²) in [5, 5.41) is 11.8. The number of aryl methyl sites for hydroxylation is 2. The molecule has 0 aromatic heterocycles. The normalized spacial score (nSPS) is 10.9. The van der Waals surface area contributed by atoms with Crippen molar-refractivity contribution in [3.63, 3.8) is 0 Å². The van der Waals surface area contributed by atoms with Crippen LogP contribution in [0.5, 0.6) is 0 Å². The summed E-state index contributed by atoms with van der Waals surface area (Å²) >= 11 is 0. The predicted octanol–water partition coefficient (Wildman–Crippen LogP) is 3.99. The fraction of sp³-hybridized carbons (Fsp3) is 0.111. The third kappa shape index (κ3) is 3.58. The van der Waals surface area contributed by atoms with Crippen LogP contribution in [0.3, 0.4) is 0 Å². The Labute approximate surface area is 128 Å². The molecule has 0 saturated heterocycles. The van der Waals surface area contributed by atoms with Crippen molar-refractivity contribution in [2.45, 2.75) is 13.8 Å². The van der Waals surface area contributed by atoms with Crippen LogP contribution in [0.15, 0.2) is 48.0 Å². The van der Waals surface area contributed by atoms with Gasteiger partial charge in [-0.15, -0.1) is 0 Å². The molecule has 1 N–H and O–H groups in total. The molecule has 0 aliphatic rings. The van der Waals surface area contributed by atoms with Gasteiger partial charge in [0.15, 0.2) is 0 Å². The average Bonchev–Trinajstić information content (AvgIpc) is 2.49. The van der Waals surface area contributed by atoms with Crippen LogP contribution in [0.2, 0.25) is 0 Å². The molecule has 0 atom stereocenters. The summed E-state index contributed by atoms with van der Waals surface area (Å²) in [6.45, 7) is 3.83. The Balaban J connectivity index is 2.27. The summed E-state index contributed by atoms with van der Waals surface area (Å²) in [4.78, 5) is 12.2. The van der Waals surface area contributed by atoms with Gasteiger partial charge in [-0.25, -0.2) is 4.39 Å². The van der Waals surface area contributed by atoms with Gasteiger partial charge in [-0.2, -0.15) is 5.26 Å². The molecule has 1 amide bonds. The van der Waals surface area contributed by atoms with Crippen molar-refractivity contribution < 1.29 is 9.18 Å². The van der Waals surface area contributed by atoms with E-state index in [0.717, 1.165) is 11.1 Å². The third-order valence-corrected chi connectivity index (χ3v) is 3.20. The Morgan fingerprint density at radius 1 is 1.23 bits per heavy atom. The average molecular weight is 294 g/mol. The molecule has 0 fully saturated rings. The first-order valence-corrected chi connectivity index (χ1v) is 6.76. The molecule has 0 unspecified atom stereocenters. The Hall–Kier alpha value is -2.93. The van der Waals surface area contributed by atoms with Crippen LogP contribution in [0, 0.1) is 31.0 Å². The largest absolute Gasteiger partial charge is 0.321 e. The maximum Gasteiger partial charge on any atom is 0.266 e. The van der Waals surface area contributed by atoms with Crippen molar-refractivity contribution in [1.82, 2.24) is 0 Å². The van der Waals surface area contributed by atoms with Gasteiger partial charge in [-0.05, 0) is 37.6 Å². The monoisotopic (exact) mass is 294 g/mol. The van der Waals surface area contributed by atoms with Gasteiger partial charge in [0.1, 0.15) is 17.5 Å². The van der Waals surface area contributed by atoms with Crippen molar-refractivity contribution in [1.29, 1.82) is 5.26 Å². The lowest BCUT2D eigenvalue weighted by Gasteiger charge is -2.08. The molecule has 0 saturated carbocycles. The zero-order chi connectivity index (χ0) is 16.1. The first-order chi connectivity index (χ1) is 10.5. The minimum Gasteiger partial charge on any atom is -0.321 e. The number of halogens is 1. The van der Waals surface area contributed by atoms with Crippen LogP contribution >= 0.6 is 0 Å². The summed E-state index contributed by atoms with van der Waals surface area (Å²) < 4.78 is 13.6. The van der Waals surface area contributed by atoms with E-state index in [1.54, 1.807) is 18.2 Å². The van der Waals surface area contributed by atoms with Gasteiger partial charge in [0.05, 0.1) is 0 Å². The number of nitrogens with one attached hydrogen (secondary N) is 1. The van der Waals surface area contributed by atoms with Crippen molar-refractivity contribution in [3.8, 4) is 6.07 Å². The number of anilines is 1. The highest BCUT2D eigenvalue weighted by atomic mass is 19.1. The Bertz CT molecular complexity index is 788. The molecule has 0 aliphatic heterocycles. The number of hydrogen-bond acceptors (Lipinski definition) is 2. The number of hydrogen-bond donors (Lipinski definition) is 1. The Morgan fingerprint density at radius 3 is 2.59 bits per heavy atom. The van der Waals surface area contributed by atoms with E-state index in [2.05, 4.69) is 5.32 Å². The van der Waals surface area contributed by atoms with E-state index < -0.39 is 11.7 Å². The van der Waals surface area contributed by atoms with Gasteiger partial charge in [-0.3, -0.25) is 4.79 Å². The van der Waals surface area contributed by atoms with Gasteiger partial charge in [0.25, 0.3) is 5.91 Å². The summed E-state index contributed by atoms with van der Waals surface area (Å²) in [5.41, 5.74) is 2.67. The van der Waals surface area contributed by atoms with Crippen LogP contribution in [0.4, 0.5) is 10.1 Å². The number of nitriles is 1. The van der Waals surface area contributed by atoms with E-state index in [4.69, 9.17) is 5.26 Å². The molecule has 2 rings (SSSR count). The zero-order valence-corrected chi connectivity index (χ0v) is 12.4. The van der Waals surface area contributed by atoms with Gasteiger partial charge in [0, 0.05) is 11.3 Å². The number of nitrogens with zero attached hydrogens (tertiary/aromatic N) is 1.